The van der Waals surface area contributed by atoms with Crippen molar-refractivity contribution in [3.8, 4) is 5.69 Å². The number of benzene rings is 1. The minimum atomic E-state index is -0.887. The molecule has 6 nitrogen and oxygen atoms in total. The number of carbonyl (C=O) groups is 1. The zero-order chi connectivity index (χ0) is 14.0. The molecule has 0 aliphatic carbocycles. The van der Waals surface area contributed by atoms with Crippen LogP contribution in [-0.2, 0) is 11.2 Å². The first-order valence-corrected chi connectivity index (χ1v) is 5.90. The summed E-state index contributed by atoms with van der Waals surface area (Å²) < 4.78 is 1.54. The maximum atomic E-state index is 10.6. The van der Waals surface area contributed by atoms with Crippen molar-refractivity contribution in [2.75, 3.05) is 11.5 Å². The van der Waals surface area contributed by atoms with Crippen LogP contribution < -0.4 is 11.5 Å². The van der Waals surface area contributed by atoms with Crippen molar-refractivity contribution in [1.29, 1.82) is 0 Å². The molecule has 5 N–H and O–H groups in total. The number of carboxylic acid groups (broad SMARTS) is 1. The zero-order valence-electron chi connectivity index (χ0n) is 10.6. The first-order chi connectivity index (χ1) is 8.99. The van der Waals surface area contributed by atoms with Crippen molar-refractivity contribution in [3.63, 3.8) is 0 Å². The van der Waals surface area contributed by atoms with E-state index in [0.717, 1.165) is 11.3 Å². The fourth-order valence-electron chi connectivity index (χ4n) is 1.93. The van der Waals surface area contributed by atoms with Gasteiger partial charge in [0.25, 0.3) is 0 Å². The summed E-state index contributed by atoms with van der Waals surface area (Å²) in [4.78, 5) is 10.6. The highest BCUT2D eigenvalue weighted by molar-refractivity contribution is 5.68. The van der Waals surface area contributed by atoms with Crippen molar-refractivity contribution < 1.29 is 9.90 Å². The van der Waals surface area contributed by atoms with Crippen LogP contribution in [-0.4, -0.2) is 20.9 Å². The molecular formula is C13H16N4O2. The van der Waals surface area contributed by atoms with Crippen LogP contribution in [0.2, 0.25) is 0 Å². The average molecular weight is 260 g/mol. The third kappa shape index (κ3) is 2.67. The highest BCUT2D eigenvalue weighted by atomic mass is 16.4. The van der Waals surface area contributed by atoms with Crippen LogP contribution in [0.25, 0.3) is 5.69 Å². The van der Waals surface area contributed by atoms with Gasteiger partial charge < -0.3 is 16.6 Å². The Morgan fingerprint density at radius 3 is 2.79 bits per heavy atom. The summed E-state index contributed by atoms with van der Waals surface area (Å²) in [6.45, 7) is 1.97. The Labute approximate surface area is 110 Å². The Morgan fingerprint density at radius 2 is 2.16 bits per heavy atom. The molecule has 100 valence electrons. The van der Waals surface area contributed by atoms with E-state index in [1.165, 1.54) is 0 Å². The highest BCUT2D eigenvalue weighted by Crippen LogP contribution is 2.24. The number of nitrogen functional groups attached to an aromatic ring is 2. The number of rotatable bonds is 4. The summed E-state index contributed by atoms with van der Waals surface area (Å²) in [6.07, 6.45) is 0.257. The molecule has 2 aromatic rings. The average Bonchev–Trinajstić information content (AvgIpc) is 2.62. The summed E-state index contributed by atoms with van der Waals surface area (Å²) in [7, 11) is 0. The maximum absolute atomic E-state index is 10.6. The van der Waals surface area contributed by atoms with E-state index < -0.39 is 5.97 Å². The van der Waals surface area contributed by atoms with Gasteiger partial charge in [-0.05, 0) is 31.0 Å². The van der Waals surface area contributed by atoms with E-state index in [1.54, 1.807) is 4.68 Å². The first kappa shape index (κ1) is 12.9. The molecule has 2 rings (SSSR count). The lowest BCUT2D eigenvalue weighted by molar-refractivity contribution is -0.136. The van der Waals surface area contributed by atoms with Crippen LogP contribution in [0.1, 0.15) is 17.5 Å². The lowest BCUT2D eigenvalue weighted by Crippen LogP contribution is -2.04. The topological polar surface area (TPSA) is 107 Å². The molecule has 0 saturated carbocycles. The number of aromatic nitrogens is 2. The molecule has 1 aromatic carbocycles. The number of aliphatic carboxylic acids is 1. The maximum Gasteiger partial charge on any atom is 0.303 e. The molecule has 0 saturated heterocycles. The standard InChI is InChI=1S/C13H16N4O2/c1-8-3-2-4-9(7-8)17-13(15)10(12(14)16-17)5-6-11(18)19/h2-4,7H,5-6,15H2,1H3,(H2,14,16)(H,18,19). The molecule has 0 fully saturated rings. The fourth-order valence-corrected chi connectivity index (χ4v) is 1.93. The van der Waals surface area contributed by atoms with Crippen molar-refractivity contribution in [2.24, 2.45) is 0 Å². The molecule has 0 radical (unpaired) electrons. The van der Waals surface area contributed by atoms with Crippen LogP contribution >= 0.6 is 0 Å². The van der Waals surface area contributed by atoms with Crippen molar-refractivity contribution >= 4 is 17.6 Å². The SMILES string of the molecule is Cc1cccc(-n2nc(N)c(CCC(=O)O)c2N)c1. The van der Waals surface area contributed by atoms with E-state index in [-0.39, 0.29) is 18.7 Å². The van der Waals surface area contributed by atoms with E-state index in [2.05, 4.69) is 5.10 Å². The lowest BCUT2D eigenvalue weighted by atomic mass is 10.1. The third-order valence-electron chi connectivity index (χ3n) is 2.89. The third-order valence-corrected chi connectivity index (χ3v) is 2.89. The van der Waals surface area contributed by atoms with Gasteiger partial charge in [0.05, 0.1) is 5.69 Å². The van der Waals surface area contributed by atoms with Gasteiger partial charge in [-0.25, -0.2) is 4.68 Å². The molecule has 0 atom stereocenters. The van der Waals surface area contributed by atoms with E-state index in [9.17, 15) is 4.79 Å². The predicted octanol–water partition coefficient (Wildman–Crippen LogP) is 1.36. The van der Waals surface area contributed by atoms with Crippen LogP contribution in [0.3, 0.4) is 0 Å². The summed E-state index contributed by atoms with van der Waals surface area (Å²) >= 11 is 0. The van der Waals surface area contributed by atoms with E-state index in [1.807, 2.05) is 31.2 Å². The van der Waals surface area contributed by atoms with Crippen molar-refractivity contribution in [1.82, 2.24) is 9.78 Å². The van der Waals surface area contributed by atoms with Gasteiger partial charge in [-0.1, -0.05) is 12.1 Å². The van der Waals surface area contributed by atoms with Gasteiger partial charge in [-0.2, -0.15) is 0 Å². The monoisotopic (exact) mass is 260 g/mol. The molecule has 0 aliphatic rings. The molecule has 0 spiro atoms. The van der Waals surface area contributed by atoms with Gasteiger partial charge in [0, 0.05) is 12.0 Å². The van der Waals surface area contributed by atoms with Crippen LogP contribution in [0.5, 0.6) is 0 Å². The molecule has 1 heterocycles. The van der Waals surface area contributed by atoms with Gasteiger partial charge in [0.15, 0.2) is 5.82 Å². The number of hydrogen-bond donors (Lipinski definition) is 3. The number of anilines is 2. The van der Waals surface area contributed by atoms with Crippen molar-refractivity contribution in [3.05, 3.63) is 35.4 Å². The number of nitrogens with two attached hydrogens (primary N) is 2. The summed E-state index contributed by atoms with van der Waals surface area (Å²) in [5, 5.41) is 12.9. The van der Waals surface area contributed by atoms with E-state index in [4.69, 9.17) is 16.6 Å². The molecule has 19 heavy (non-hydrogen) atoms. The van der Waals surface area contributed by atoms with Crippen LogP contribution in [0.15, 0.2) is 24.3 Å². The Balaban J connectivity index is 2.38. The van der Waals surface area contributed by atoms with Gasteiger partial charge in [-0.3, -0.25) is 4.79 Å². The molecule has 6 heteroatoms. The van der Waals surface area contributed by atoms with Gasteiger partial charge in [-0.15, -0.1) is 5.10 Å². The van der Waals surface area contributed by atoms with Crippen molar-refractivity contribution in [2.45, 2.75) is 19.8 Å². The molecule has 1 aromatic heterocycles. The Bertz CT molecular complexity index is 619. The Kier molecular flexibility index (Phi) is 3.41. The minimum absolute atomic E-state index is 0.0199. The minimum Gasteiger partial charge on any atom is -0.481 e. The second-order valence-corrected chi connectivity index (χ2v) is 4.39. The number of aryl methyl sites for hydroxylation is 1. The second-order valence-electron chi connectivity index (χ2n) is 4.39. The predicted molar refractivity (Wildman–Crippen MR) is 73.1 cm³/mol. The fraction of sp³-hybridized carbons (Fsp3) is 0.231. The molecular weight excluding hydrogens is 244 g/mol. The van der Waals surface area contributed by atoms with E-state index in [0.29, 0.717) is 11.4 Å². The zero-order valence-corrected chi connectivity index (χ0v) is 10.6. The van der Waals surface area contributed by atoms with E-state index >= 15 is 0 Å². The molecule has 0 unspecified atom stereocenters. The molecule has 0 aliphatic heterocycles. The summed E-state index contributed by atoms with van der Waals surface area (Å²) in [5.41, 5.74) is 14.3. The Hall–Kier alpha value is -2.50. The molecule has 0 amide bonds. The number of hydrogen-bond acceptors (Lipinski definition) is 4. The van der Waals surface area contributed by atoms with Gasteiger partial charge >= 0.3 is 5.97 Å². The number of carboxylic acids is 1. The Morgan fingerprint density at radius 1 is 1.42 bits per heavy atom. The van der Waals surface area contributed by atoms with Gasteiger partial charge in [0.1, 0.15) is 5.82 Å². The van der Waals surface area contributed by atoms with Crippen LogP contribution in [0.4, 0.5) is 11.6 Å². The first-order valence-electron chi connectivity index (χ1n) is 5.90. The summed E-state index contributed by atoms with van der Waals surface area (Å²) in [6, 6.07) is 7.68. The lowest BCUT2D eigenvalue weighted by Gasteiger charge is -2.05. The highest BCUT2D eigenvalue weighted by Gasteiger charge is 2.15. The summed E-state index contributed by atoms with van der Waals surface area (Å²) in [5.74, 6) is -0.216. The van der Waals surface area contributed by atoms with Gasteiger partial charge in [0.2, 0.25) is 0 Å². The largest absolute Gasteiger partial charge is 0.481 e. The smallest absolute Gasteiger partial charge is 0.303 e. The second kappa shape index (κ2) is 5.01. The van der Waals surface area contributed by atoms with Crippen LogP contribution in [0, 0.1) is 6.92 Å². The normalized spacial score (nSPS) is 10.6. The quantitative estimate of drug-likeness (QED) is 0.769. The molecule has 0 bridgehead atoms. The number of nitrogens with zero attached hydrogens (tertiary/aromatic N) is 2.